The molecule has 0 aromatic rings. The Morgan fingerprint density at radius 2 is 1.35 bits per heavy atom. The summed E-state index contributed by atoms with van der Waals surface area (Å²) < 4.78 is 32.1. The van der Waals surface area contributed by atoms with Gasteiger partial charge in [0.05, 0.1) is 0 Å². The molecule has 0 radical (unpaired) electrons. The van der Waals surface area contributed by atoms with Gasteiger partial charge in [-0.2, -0.15) is 8.42 Å². The molecule has 0 aliphatic rings. The first-order chi connectivity index (χ1) is 10.7. The second kappa shape index (κ2) is 12.3. The highest BCUT2D eigenvalue weighted by Gasteiger charge is 2.28. The zero-order chi connectivity index (χ0) is 17.8. The van der Waals surface area contributed by atoms with E-state index in [-0.39, 0.29) is 5.54 Å². The van der Waals surface area contributed by atoms with Gasteiger partial charge in [0.25, 0.3) is 10.1 Å². The lowest BCUT2D eigenvalue weighted by Crippen LogP contribution is -2.49. The van der Waals surface area contributed by atoms with Gasteiger partial charge in [-0.05, 0) is 26.7 Å². The van der Waals surface area contributed by atoms with Crippen LogP contribution < -0.4 is 5.32 Å². The van der Waals surface area contributed by atoms with Crippen LogP contribution in [0.3, 0.4) is 0 Å². The van der Waals surface area contributed by atoms with E-state index in [1.54, 1.807) is 0 Å². The maximum absolute atomic E-state index is 11.4. The topological polar surface area (TPSA) is 66.4 Å². The number of hydrogen-bond donors (Lipinski definition) is 2. The Bertz CT molecular complexity index is 380. The highest BCUT2D eigenvalue weighted by molar-refractivity contribution is 7.86. The first-order valence-corrected chi connectivity index (χ1v) is 11.0. The Morgan fingerprint density at radius 3 is 1.78 bits per heavy atom. The zero-order valence-electron chi connectivity index (χ0n) is 15.7. The van der Waals surface area contributed by atoms with Crippen molar-refractivity contribution in [1.82, 2.24) is 5.32 Å². The Hall–Kier alpha value is -0.130. The normalized spacial score (nSPS) is 14.1. The van der Waals surface area contributed by atoms with Crippen molar-refractivity contribution >= 4 is 10.1 Å². The fourth-order valence-electron chi connectivity index (χ4n) is 2.94. The Morgan fingerprint density at radius 1 is 0.870 bits per heavy atom. The Balaban J connectivity index is 3.90. The van der Waals surface area contributed by atoms with Crippen LogP contribution >= 0.6 is 0 Å². The van der Waals surface area contributed by atoms with Crippen molar-refractivity contribution in [3.05, 3.63) is 0 Å². The van der Waals surface area contributed by atoms with Crippen LogP contribution in [0.25, 0.3) is 0 Å². The quantitative estimate of drug-likeness (QED) is 0.311. The molecule has 1 unspecified atom stereocenters. The van der Waals surface area contributed by atoms with Gasteiger partial charge < -0.3 is 0 Å². The molecule has 0 saturated carbocycles. The predicted octanol–water partition coefficient (Wildman–Crippen LogP) is 5.29. The summed E-state index contributed by atoms with van der Waals surface area (Å²) in [5.41, 5.74) is -0.267. The zero-order valence-corrected chi connectivity index (χ0v) is 16.6. The van der Waals surface area contributed by atoms with Crippen LogP contribution in [-0.4, -0.2) is 23.9 Å². The molecule has 140 valence electrons. The van der Waals surface area contributed by atoms with E-state index in [4.69, 9.17) is 0 Å². The van der Waals surface area contributed by atoms with Crippen LogP contribution in [0.15, 0.2) is 0 Å². The summed E-state index contributed by atoms with van der Waals surface area (Å²) in [5, 5.41) is 2.28. The van der Waals surface area contributed by atoms with Gasteiger partial charge in [0.15, 0.2) is 0 Å². The molecule has 4 nitrogen and oxygen atoms in total. The number of unbranched alkanes of at least 4 members (excludes halogenated alkanes) is 8. The molecule has 0 aromatic carbocycles. The molecule has 0 saturated heterocycles. The molecule has 0 aromatic heterocycles. The molecule has 5 heteroatoms. The molecule has 0 aliphatic heterocycles. The molecule has 0 rings (SSSR count). The van der Waals surface area contributed by atoms with Crippen molar-refractivity contribution in [2.24, 2.45) is 0 Å². The van der Waals surface area contributed by atoms with Crippen molar-refractivity contribution in [3.8, 4) is 0 Å². The van der Waals surface area contributed by atoms with E-state index in [0.29, 0.717) is 6.42 Å². The molecule has 0 bridgehead atoms. The maximum Gasteiger partial charge on any atom is 0.281 e. The smallest absolute Gasteiger partial charge is 0.281 e. The third-order valence-electron chi connectivity index (χ3n) is 4.37. The minimum atomic E-state index is -4.02. The Kier molecular flexibility index (Phi) is 12.2. The minimum Gasteiger partial charge on any atom is -0.294 e. The second-order valence-electron chi connectivity index (χ2n) is 7.40. The van der Waals surface area contributed by atoms with Crippen molar-refractivity contribution in [2.45, 2.75) is 116 Å². The highest BCUT2D eigenvalue weighted by atomic mass is 32.2. The highest BCUT2D eigenvalue weighted by Crippen LogP contribution is 2.19. The first-order valence-electron chi connectivity index (χ1n) is 9.47. The average Bonchev–Trinajstić information content (AvgIpc) is 2.44. The van der Waals surface area contributed by atoms with Gasteiger partial charge in [-0.3, -0.25) is 9.87 Å². The predicted molar refractivity (Wildman–Crippen MR) is 99.3 cm³/mol. The third kappa shape index (κ3) is 12.9. The van der Waals surface area contributed by atoms with E-state index in [9.17, 15) is 13.0 Å². The van der Waals surface area contributed by atoms with Crippen LogP contribution in [0.4, 0.5) is 0 Å². The summed E-state index contributed by atoms with van der Waals surface area (Å²) in [6.07, 6.45) is 13.7. The van der Waals surface area contributed by atoms with Gasteiger partial charge >= 0.3 is 0 Å². The molecule has 0 aliphatic carbocycles. The lowest BCUT2D eigenvalue weighted by molar-refractivity contribution is 0.315. The van der Waals surface area contributed by atoms with Crippen molar-refractivity contribution in [1.29, 1.82) is 0 Å². The molecule has 0 fully saturated rings. The van der Waals surface area contributed by atoms with Gasteiger partial charge in [-0.25, -0.2) is 0 Å². The summed E-state index contributed by atoms with van der Waals surface area (Å²) in [5.74, 6) is 0. The monoisotopic (exact) mass is 349 g/mol. The van der Waals surface area contributed by atoms with E-state index in [1.807, 2.05) is 20.8 Å². The van der Waals surface area contributed by atoms with Gasteiger partial charge in [-0.1, -0.05) is 78.1 Å². The number of nitrogens with one attached hydrogen (secondary N) is 1. The van der Waals surface area contributed by atoms with E-state index in [2.05, 4.69) is 12.2 Å². The van der Waals surface area contributed by atoms with E-state index >= 15 is 0 Å². The van der Waals surface area contributed by atoms with E-state index in [0.717, 1.165) is 19.3 Å². The van der Waals surface area contributed by atoms with Crippen LogP contribution in [0.2, 0.25) is 0 Å². The minimum absolute atomic E-state index is 0.267. The average molecular weight is 350 g/mol. The molecule has 2 N–H and O–H groups in total. The van der Waals surface area contributed by atoms with Crippen LogP contribution in [0.5, 0.6) is 0 Å². The lowest BCUT2D eigenvalue weighted by Gasteiger charge is -2.30. The van der Waals surface area contributed by atoms with Crippen molar-refractivity contribution in [2.75, 3.05) is 0 Å². The number of hydrogen-bond acceptors (Lipinski definition) is 3. The molecule has 1 atom stereocenters. The largest absolute Gasteiger partial charge is 0.294 e. The van der Waals surface area contributed by atoms with E-state index in [1.165, 1.54) is 51.4 Å². The van der Waals surface area contributed by atoms with Gasteiger partial charge in [0, 0.05) is 5.54 Å². The molecular formula is C18H39NO3S. The van der Waals surface area contributed by atoms with Gasteiger partial charge in [0.1, 0.15) is 5.37 Å². The fraction of sp³-hybridized carbons (Fsp3) is 1.00. The Labute approximate surface area is 144 Å². The fourth-order valence-corrected chi connectivity index (χ4v) is 3.94. The number of rotatable bonds is 15. The van der Waals surface area contributed by atoms with Crippen molar-refractivity contribution < 1.29 is 13.0 Å². The van der Waals surface area contributed by atoms with Crippen molar-refractivity contribution in [3.63, 3.8) is 0 Å². The molecule has 0 heterocycles. The van der Waals surface area contributed by atoms with E-state index < -0.39 is 15.5 Å². The maximum atomic E-state index is 11.4. The standard InChI is InChI=1S/C18H39NO3S/c1-5-7-8-9-10-11-12-13-14-16-18(3,4)19-17(15-6-2)23(20,21)22/h17,19H,5-16H2,1-4H3,(H,20,21,22). The summed E-state index contributed by atoms with van der Waals surface area (Å²) in [6, 6.07) is 0. The third-order valence-corrected chi connectivity index (χ3v) is 5.44. The molecule has 0 amide bonds. The van der Waals surface area contributed by atoms with Crippen LogP contribution in [0.1, 0.15) is 105 Å². The summed E-state index contributed by atoms with van der Waals surface area (Å²) in [6.45, 7) is 8.20. The lowest BCUT2D eigenvalue weighted by atomic mass is 9.95. The summed E-state index contributed by atoms with van der Waals surface area (Å²) in [4.78, 5) is 0. The molecule has 23 heavy (non-hydrogen) atoms. The SMILES string of the molecule is CCCCCCCCCCCC(C)(C)NC(CCC)S(=O)(=O)O. The summed E-state index contributed by atoms with van der Waals surface area (Å²) in [7, 11) is -4.02. The molecular weight excluding hydrogens is 310 g/mol. The first kappa shape index (κ1) is 22.9. The van der Waals surface area contributed by atoms with Crippen LogP contribution in [-0.2, 0) is 10.1 Å². The molecule has 0 spiro atoms. The summed E-state index contributed by atoms with van der Waals surface area (Å²) >= 11 is 0. The second-order valence-corrected chi connectivity index (χ2v) is 9.00. The van der Waals surface area contributed by atoms with Gasteiger partial charge in [-0.15, -0.1) is 0 Å². The van der Waals surface area contributed by atoms with Crippen LogP contribution in [0, 0.1) is 0 Å². The van der Waals surface area contributed by atoms with Gasteiger partial charge in [0.2, 0.25) is 0 Å².